The van der Waals surface area contributed by atoms with Crippen LogP contribution in [-0.4, -0.2) is 29.3 Å². The fourth-order valence-electron chi connectivity index (χ4n) is 6.06. The van der Waals surface area contributed by atoms with Crippen molar-refractivity contribution in [1.29, 1.82) is 0 Å². The molecule has 0 saturated heterocycles. The maximum atomic E-state index is 12.5. The van der Waals surface area contributed by atoms with E-state index in [1.54, 1.807) is 0 Å². The van der Waals surface area contributed by atoms with E-state index in [4.69, 9.17) is 14.8 Å². The summed E-state index contributed by atoms with van der Waals surface area (Å²) >= 11 is 0. The number of phosphoric acid groups is 1. The minimum absolute atomic E-state index is 0.0620. The van der Waals surface area contributed by atoms with Crippen LogP contribution in [0.15, 0.2) is 0 Å². The van der Waals surface area contributed by atoms with Crippen molar-refractivity contribution in [2.75, 3.05) is 6.54 Å². The summed E-state index contributed by atoms with van der Waals surface area (Å²) in [7, 11) is -4.69. The van der Waals surface area contributed by atoms with E-state index in [1.807, 2.05) is 0 Å². The Hall–Kier alpha value is -0.750. The summed E-state index contributed by atoms with van der Waals surface area (Å²) in [5.41, 5.74) is 5.65. The summed E-state index contributed by atoms with van der Waals surface area (Å²) < 4.78 is 22.1. The second-order valence-corrected chi connectivity index (χ2v) is 15.0. The molecule has 0 aromatic rings. The molecule has 0 radical (unpaired) electrons. The first-order chi connectivity index (χ1) is 22.4. The van der Waals surface area contributed by atoms with E-state index >= 15 is 0 Å². The predicted octanol–water partition coefficient (Wildman–Crippen LogP) is 12.1. The molecule has 2 unspecified atom stereocenters. The molecule has 7 nitrogen and oxygen atoms in total. The van der Waals surface area contributed by atoms with E-state index in [-0.39, 0.29) is 25.2 Å². The van der Waals surface area contributed by atoms with E-state index in [0.29, 0.717) is 12.8 Å². The Morgan fingerprint density at radius 3 is 1.11 bits per heavy atom. The fraction of sp³-hybridized carbons (Fsp3) is 0.947. The third kappa shape index (κ3) is 31.8. The van der Waals surface area contributed by atoms with Gasteiger partial charge in [-0.2, -0.15) is 0 Å². The molecule has 0 aromatic carbocycles. The fourth-order valence-corrected chi connectivity index (χ4v) is 6.98. The van der Waals surface area contributed by atoms with Crippen LogP contribution in [0, 0.1) is 0 Å². The smallest absolute Gasteiger partial charge is 0.371 e. The van der Waals surface area contributed by atoms with E-state index in [9.17, 15) is 19.0 Å². The van der Waals surface area contributed by atoms with Crippen LogP contribution in [0.4, 0.5) is 0 Å². The van der Waals surface area contributed by atoms with Crippen molar-refractivity contribution in [2.45, 2.75) is 225 Å². The molecule has 46 heavy (non-hydrogen) atoms. The molecular weight excluding hydrogens is 597 g/mol. The van der Waals surface area contributed by atoms with Gasteiger partial charge in [-0.15, -0.1) is 0 Å². The van der Waals surface area contributed by atoms with Crippen molar-refractivity contribution in [3.8, 4) is 0 Å². The molecule has 2 atom stereocenters. The summed E-state index contributed by atoms with van der Waals surface area (Å²) in [6, 6.07) is 0. The van der Waals surface area contributed by atoms with E-state index in [0.717, 1.165) is 32.1 Å². The molecule has 0 saturated carbocycles. The van der Waals surface area contributed by atoms with Gasteiger partial charge in [-0.05, 0) is 12.8 Å². The molecule has 0 amide bonds. The zero-order chi connectivity index (χ0) is 34.0. The number of hydrogen-bond acceptors (Lipinski definition) is 6. The Morgan fingerprint density at radius 1 is 0.522 bits per heavy atom. The lowest BCUT2D eigenvalue weighted by atomic mass is 10.0. The summed E-state index contributed by atoms with van der Waals surface area (Å²) in [5.74, 6) is -1.09. The van der Waals surface area contributed by atoms with Crippen molar-refractivity contribution in [1.82, 2.24) is 0 Å². The van der Waals surface area contributed by atoms with Gasteiger partial charge in [0, 0.05) is 19.4 Å². The van der Waals surface area contributed by atoms with Crippen LogP contribution in [0.5, 0.6) is 0 Å². The zero-order valence-electron chi connectivity index (χ0n) is 30.4. The van der Waals surface area contributed by atoms with Crippen molar-refractivity contribution >= 4 is 19.6 Å². The zero-order valence-corrected chi connectivity index (χ0v) is 31.3. The number of ketones is 1. The first-order valence-electron chi connectivity index (χ1n) is 19.8. The third-order valence-electron chi connectivity index (χ3n) is 9.06. The van der Waals surface area contributed by atoms with Crippen LogP contribution in [0.2, 0.25) is 0 Å². The number of nitrogens with two attached hydrogens (primary N) is 1. The minimum Gasteiger partial charge on any atom is -0.371 e. The lowest BCUT2D eigenvalue weighted by Gasteiger charge is -2.18. The molecule has 0 rings (SSSR count). The van der Waals surface area contributed by atoms with Crippen LogP contribution in [0.25, 0.3) is 0 Å². The van der Waals surface area contributed by atoms with Gasteiger partial charge in [-0.1, -0.05) is 194 Å². The van der Waals surface area contributed by atoms with Crippen molar-refractivity contribution in [3.05, 3.63) is 0 Å². The summed E-state index contributed by atoms with van der Waals surface area (Å²) in [5, 5.41) is 0. The van der Waals surface area contributed by atoms with Crippen molar-refractivity contribution in [3.63, 3.8) is 0 Å². The van der Waals surface area contributed by atoms with E-state index < -0.39 is 19.9 Å². The summed E-state index contributed by atoms with van der Waals surface area (Å²) in [4.78, 5) is 34.7. The summed E-state index contributed by atoms with van der Waals surface area (Å²) in [6.45, 7) is 4.29. The first-order valence-corrected chi connectivity index (χ1v) is 21.3. The highest BCUT2D eigenvalue weighted by atomic mass is 31.2. The lowest BCUT2D eigenvalue weighted by molar-refractivity contribution is -0.138. The molecule has 0 aliphatic rings. The molecule has 0 fully saturated rings. The number of Topliss-reactive ketones (excluding diaryl/α,β-unsaturated/α-hetero) is 1. The van der Waals surface area contributed by atoms with E-state index in [1.165, 1.54) is 148 Å². The average molecular weight is 674 g/mol. The Balaban J connectivity index is 3.76. The van der Waals surface area contributed by atoms with Crippen LogP contribution < -0.4 is 5.73 Å². The van der Waals surface area contributed by atoms with Crippen molar-refractivity contribution < 1.29 is 28.1 Å². The summed E-state index contributed by atoms with van der Waals surface area (Å²) in [6.07, 6.45) is 36.0. The standard InChI is InChI=1S/C38H76NO6P/c1-3-5-7-9-11-13-15-17-19-21-23-25-27-29-31-33-36(40)37(35-39)44-46(42,43)45-38(41)34-32-30-28-26-24-22-20-18-16-14-12-10-8-6-4-2/h37H,3-35,39H2,1-2H3,(H,42,43). The Labute approximate surface area is 284 Å². The third-order valence-corrected chi connectivity index (χ3v) is 10.0. The molecule has 0 aliphatic heterocycles. The normalized spacial score (nSPS) is 13.5. The number of carbonyl (C=O) groups is 2. The Morgan fingerprint density at radius 2 is 0.804 bits per heavy atom. The molecular formula is C38H76NO6P. The largest absolute Gasteiger partial charge is 0.530 e. The highest BCUT2D eigenvalue weighted by Gasteiger charge is 2.32. The number of carbonyl (C=O) groups excluding carboxylic acids is 2. The number of phosphoric ester groups is 1. The maximum absolute atomic E-state index is 12.5. The first kappa shape index (κ1) is 45.2. The molecule has 274 valence electrons. The second kappa shape index (κ2) is 34.1. The monoisotopic (exact) mass is 674 g/mol. The molecule has 8 heteroatoms. The molecule has 0 spiro atoms. The number of unbranched alkanes of at least 4 members (excludes halogenated alkanes) is 28. The van der Waals surface area contributed by atoms with Crippen LogP contribution in [-0.2, 0) is 23.2 Å². The van der Waals surface area contributed by atoms with Crippen molar-refractivity contribution in [2.24, 2.45) is 5.73 Å². The average Bonchev–Trinajstić information content (AvgIpc) is 3.03. The predicted molar refractivity (Wildman–Crippen MR) is 194 cm³/mol. The quantitative estimate of drug-likeness (QED) is 0.0498. The van der Waals surface area contributed by atoms with Crippen LogP contribution in [0.3, 0.4) is 0 Å². The van der Waals surface area contributed by atoms with Crippen LogP contribution in [0.1, 0.15) is 219 Å². The van der Waals surface area contributed by atoms with E-state index in [2.05, 4.69) is 13.8 Å². The van der Waals surface area contributed by atoms with Gasteiger partial charge in [-0.3, -0.25) is 19.0 Å². The highest BCUT2D eigenvalue weighted by molar-refractivity contribution is 7.48. The molecule has 3 N–H and O–H groups in total. The molecule has 0 heterocycles. The SMILES string of the molecule is CCCCCCCCCCCCCCCCCC(=O)OP(=O)(O)OC(CN)C(=O)CCCCCCCCCCCCCCCCC. The number of rotatable bonds is 37. The maximum Gasteiger partial charge on any atom is 0.530 e. The molecule has 0 aromatic heterocycles. The van der Waals surface area contributed by atoms with Gasteiger partial charge in [0.25, 0.3) is 0 Å². The Bertz CT molecular complexity index is 734. The Kier molecular flexibility index (Phi) is 33.6. The van der Waals surface area contributed by atoms with Gasteiger partial charge < -0.3 is 10.3 Å². The van der Waals surface area contributed by atoms with Gasteiger partial charge in [0.05, 0.1) is 0 Å². The minimum atomic E-state index is -4.69. The van der Waals surface area contributed by atoms with Gasteiger partial charge >= 0.3 is 13.8 Å². The van der Waals surface area contributed by atoms with Gasteiger partial charge in [0.15, 0.2) is 5.78 Å². The second-order valence-electron chi connectivity index (χ2n) is 13.6. The van der Waals surface area contributed by atoms with Crippen LogP contribution >= 0.6 is 7.82 Å². The lowest BCUT2D eigenvalue weighted by Crippen LogP contribution is -2.32. The number of hydrogen-bond donors (Lipinski definition) is 2. The highest BCUT2D eigenvalue weighted by Crippen LogP contribution is 2.45. The van der Waals surface area contributed by atoms with Gasteiger partial charge in [0.2, 0.25) is 0 Å². The topological polar surface area (TPSA) is 116 Å². The molecule has 0 aliphatic carbocycles. The van der Waals surface area contributed by atoms with Gasteiger partial charge in [-0.25, -0.2) is 4.57 Å². The molecule has 0 bridgehead atoms. The van der Waals surface area contributed by atoms with Gasteiger partial charge in [0.1, 0.15) is 6.10 Å².